The lowest BCUT2D eigenvalue weighted by Gasteiger charge is -2.01. The number of rotatable bonds is 3. The number of amides is 1. The molecule has 0 aromatic heterocycles. The van der Waals surface area contributed by atoms with Gasteiger partial charge >= 0.3 is 0 Å². The molecule has 0 bridgehead atoms. The molecule has 0 heterocycles. The fourth-order valence-corrected chi connectivity index (χ4v) is 0.412. The second-order valence-electron chi connectivity index (χ2n) is 1.87. The van der Waals surface area contributed by atoms with Crippen LogP contribution in [0.1, 0.15) is 0 Å². The molecule has 0 atom stereocenters. The third kappa shape index (κ3) is 3.30. The number of aliphatic hydroxyl groups excluding tert-OH is 1. The maximum Gasteiger partial charge on any atom is 0.247 e. The highest BCUT2D eigenvalue weighted by atomic mass is 16.3. The Morgan fingerprint density at radius 2 is 2.00 bits per heavy atom. The summed E-state index contributed by atoms with van der Waals surface area (Å²) >= 11 is 0. The Morgan fingerprint density at radius 3 is 2.36 bits per heavy atom. The summed E-state index contributed by atoms with van der Waals surface area (Å²) in [4.78, 5) is 10.6. The molecule has 0 unspecified atom stereocenters. The molecule has 0 spiro atoms. The molecule has 0 saturated heterocycles. The summed E-state index contributed by atoms with van der Waals surface area (Å²) < 4.78 is 0. The molecular weight excluding hydrogens is 144 g/mol. The maximum absolute atomic E-state index is 10.6. The number of carbonyl (C=O) groups is 1. The highest BCUT2D eigenvalue weighted by Crippen LogP contribution is 1.96. The van der Waals surface area contributed by atoms with Crippen LogP contribution in [0.3, 0.4) is 0 Å². The molecule has 1 amide bonds. The van der Waals surface area contributed by atoms with Gasteiger partial charge in [-0.25, -0.2) is 0 Å². The third-order valence-electron chi connectivity index (χ3n) is 1.13. The first-order valence-corrected chi connectivity index (χ1v) is 3.11. The first-order valence-electron chi connectivity index (χ1n) is 3.11. The van der Waals surface area contributed by atoms with Crippen molar-refractivity contribution in [2.24, 2.45) is 0 Å². The van der Waals surface area contributed by atoms with Gasteiger partial charge in [0.2, 0.25) is 5.91 Å². The van der Waals surface area contributed by atoms with Crippen molar-refractivity contribution in [2.75, 3.05) is 14.1 Å². The van der Waals surface area contributed by atoms with Gasteiger partial charge in [0.25, 0.3) is 0 Å². The van der Waals surface area contributed by atoms with Crippen molar-refractivity contribution < 1.29 is 9.90 Å². The van der Waals surface area contributed by atoms with Crippen LogP contribution in [0, 0.1) is 0 Å². The molecule has 0 radical (unpaired) electrons. The molecule has 0 rings (SSSR count). The van der Waals surface area contributed by atoms with E-state index in [4.69, 9.17) is 5.11 Å². The Bertz CT molecular complexity index is 197. The Kier molecular flexibility index (Phi) is 3.80. The maximum atomic E-state index is 10.6. The van der Waals surface area contributed by atoms with Gasteiger partial charge < -0.3 is 15.7 Å². The van der Waals surface area contributed by atoms with Gasteiger partial charge in [-0.3, -0.25) is 4.79 Å². The van der Waals surface area contributed by atoms with E-state index in [2.05, 4.69) is 17.2 Å². The number of hydrogen-bond donors (Lipinski definition) is 3. The summed E-state index contributed by atoms with van der Waals surface area (Å²) in [5.74, 6) is -0.522. The molecule has 0 aliphatic heterocycles. The van der Waals surface area contributed by atoms with Gasteiger partial charge in [0.05, 0.1) is 5.70 Å². The molecule has 0 aliphatic carbocycles. The van der Waals surface area contributed by atoms with Gasteiger partial charge in [-0.1, -0.05) is 6.58 Å². The van der Waals surface area contributed by atoms with Crippen LogP contribution in [0.4, 0.5) is 0 Å². The van der Waals surface area contributed by atoms with Crippen LogP contribution >= 0.6 is 0 Å². The average Bonchev–Trinajstić information content (AvgIpc) is 2.02. The molecule has 11 heavy (non-hydrogen) atoms. The quantitative estimate of drug-likeness (QED) is 0.304. The predicted octanol–water partition coefficient (Wildman–Crippen LogP) is -0.0926. The number of likely N-dealkylation sites (N-methyl/N-ethyl adjacent to an activating group) is 2. The largest absolute Gasteiger partial charge is 0.506 e. The molecule has 3 N–H and O–H groups in total. The van der Waals surface area contributed by atoms with Crippen LogP contribution in [-0.4, -0.2) is 25.1 Å². The van der Waals surface area contributed by atoms with Crippen molar-refractivity contribution in [1.29, 1.82) is 0 Å². The molecule has 62 valence electrons. The van der Waals surface area contributed by atoms with E-state index in [9.17, 15) is 4.79 Å². The zero-order chi connectivity index (χ0) is 8.85. The van der Waals surface area contributed by atoms with Crippen LogP contribution in [-0.2, 0) is 4.79 Å². The molecule has 0 fully saturated rings. The summed E-state index contributed by atoms with van der Waals surface area (Å²) in [5, 5.41) is 14.0. The minimum absolute atomic E-state index is 0.160. The van der Waals surface area contributed by atoms with Crippen LogP contribution in [0.25, 0.3) is 0 Å². The van der Waals surface area contributed by atoms with Crippen molar-refractivity contribution >= 4 is 5.91 Å². The first kappa shape index (κ1) is 9.55. The zero-order valence-electron chi connectivity index (χ0n) is 6.64. The predicted molar refractivity (Wildman–Crippen MR) is 43.0 cm³/mol. The fraction of sp³-hybridized carbons (Fsp3) is 0.286. The number of nitrogens with one attached hydrogen (secondary N) is 2. The van der Waals surface area contributed by atoms with Crippen molar-refractivity contribution in [3.05, 3.63) is 24.1 Å². The van der Waals surface area contributed by atoms with E-state index in [1.807, 2.05) is 0 Å². The van der Waals surface area contributed by atoms with E-state index in [-0.39, 0.29) is 11.7 Å². The molecule has 0 aliphatic rings. The monoisotopic (exact) mass is 156 g/mol. The smallest absolute Gasteiger partial charge is 0.247 e. The SMILES string of the molecule is C=C(NC)C(O)=CC(=O)NC. The summed E-state index contributed by atoms with van der Waals surface area (Å²) in [7, 11) is 3.09. The Morgan fingerprint density at radius 1 is 1.45 bits per heavy atom. The Hall–Kier alpha value is -1.45. The molecule has 0 saturated carbocycles. The zero-order valence-corrected chi connectivity index (χ0v) is 6.64. The van der Waals surface area contributed by atoms with Gasteiger partial charge in [-0.15, -0.1) is 0 Å². The van der Waals surface area contributed by atoms with Crippen LogP contribution in [0.2, 0.25) is 0 Å². The summed E-state index contributed by atoms with van der Waals surface area (Å²) in [6, 6.07) is 0. The van der Waals surface area contributed by atoms with Gasteiger partial charge in [0.1, 0.15) is 5.76 Å². The van der Waals surface area contributed by atoms with Crippen LogP contribution in [0.5, 0.6) is 0 Å². The standard InChI is InChI=1S/C7H12N2O2/c1-5(8-2)6(10)4-7(11)9-3/h4,8,10H,1H2,2-3H3,(H,9,11). The normalized spacial score (nSPS) is 10.5. The molecule has 0 aromatic carbocycles. The number of hydrogen-bond acceptors (Lipinski definition) is 3. The van der Waals surface area contributed by atoms with E-state index in [1.165, 1.54) is 7.05 Å². The lowest BCUT2D eigenvalue weighted by atomic mass is 10.3. The number of carbonyl (C=O) groups excluding carboxylic acids is 1. The third-order valence-corrected chi connectivity index (χ3v) is 1.13. The van der Waals surface area contributed by atoms with Crippen LogP contribution < -0.4 is 10.6 Å². The van der Waals surface area contributed by atoms with Crippen LogP contribution in [0.15, 0.2) is 24.1 Å². The minimum Gasteiger partial charge on any atom is -0.506 e. The van der Waals surface area contributed by atoms with Gasteiger partial charge in [0.15, 0.2) is 0 Å². The topological polar surface area (TPSA) is 61.4 Å². The lowest BCUT2D eigenvalue weighted by Crippen LogP contribution is -2.16. The lowest BCUT2D eigenvalue weighted by molar-refractivity contribution is -0.116. The van der Waals surface area contributed by atoms with E-state index in [1.54, 1.807) is 7.05 Å². The van der Waals surface area contributed by atoms with E-state index >= 15 is 0 Å². The van der Waals surface area contributed by atoms with E-state index < -0.39 is 0 Å². The molecule has 4 heteroatoms. The highest BCUT2D eigenvalue weighted by molar-refractivity contribution is 5.88. The van der Waals surface area contributed by atoms with Crippen molar-refractivity contribution in [3.63, 3.8) is 0 Å². The van der Waals surface area contributed by atoms with Crippen molar-refractivity contribution in [3.8, 4) is 0 Å². The minimum atomic E-state index is -0.362. The second-order valence-corrected chi connectivity index (χ2v) is 1.87. The Balaban J connectivity index is 4.21. The van der Waals surface area contributed by atoms with E-state index in [0.717, 1.165) is 6.08 Å². The summed E-state index contributed by atoms with van der Waals surface area (Å²) in [5.41, 5.74) is 0.314. The van der Waals surface area contributed by atoms with E-state index in [0.29, 0.717) is 5.70 Å². The number of aliphatic hydroxyl groups is 1. The summed E-state index contributed by atoms with van der Waals surface area (Å²) in [6.07, 6.45) is 1.05. The summed E-state index contributed by atoms with van der Waals surface area (Å²) in [6.45, 7) is 3.45. The molecule has 4 nitrogen and oxygen atoms in total. The van der Waals surface area contributed by atoms with Gasteiger partial charge in [0, 0.05) is 20.2 Å². The van der Waals surface area contributed by atoms with Gasteiger partial charge in [-0.2, -0.15) is 0 Å². The van der Waals surface area contributed by atoms with Gasteiger partial charge in [-0.05, 0) is 0 Å². The molecular formula is C7H12N2O2. The average molecular weight is 156 g/mol. The highest BCUT2D eigenvalue weighted by Gasteiger charge is 1.99. The molecule has 0 aromatic rings. The Labute approximate surface area is 65.6 Å². The van der Waals surface area contributed by atoms with Crippen molar-refractivity contribution in [2.45, 2.75) is 0 Å². The fourth-order valence-electron chi connectivity index (χ4n) is 0.412. The first-order chi connectivity index (χ1) is 5.11. The van der Waals surface area contributed by atoms with Crippen molar-refractivity contribution in [1.82, 2.24) is 10.6 Å². The second kappa shape index (κ2) is 4.38.